The van der Waals surface area contributed by atoms with E-state index in [0.717, 1.165) is 18.4 Å². The first kappa shape index (κ1) is 8.75. The first-order chi connectivity index (χ1) is 6.31. The van der Waals surface area contributed by atoms with Gasteiger partial charge < -0.3 is 9.88 Å². The summed E-state index contributed by atoms with van der Waals surface area (Å²) in [4.78, 5) is 4.37. The molecule has 1 N–H and O–H groups in total. The zero-order chi connectivity index (χ0) is 9.26. The van der Waals surface area contributed by atoms with Gasteiger partial charge in [-0.05, 0) is 26.7 Å². The molecule has 0 amide bonds. The minimum Gasteiger partial charge on any atom is -0.334 e. The highest BCUT2D eigenvalue weighted by molar-refractivity contribution is 5.00. The first-order valence-electron chi connectivity index (χ1n) is 5.08. The van der Waals surface area contributed by atoms with Gasteiger partial charge in [0, 0.05) is 25.0 Å². The Morgan fingerprint density at radius 2 is 2.46 bits per heavy atom. The van der Waals surface area contributed by atoms with Crippen molar-refractivity contribution in [2.45, 2.75) is 45.3 Å². The molecule has 1 atom stereocenters. The van der Waals surface area contributed by atoms with E-state index in [9.17, 15) is 0 Å². The fraction of sp³-hybridized carbons (Fsp3) is 0.700. The van der Waals surface area contributed by atoms with Crippen molar-refractivity contribution in [3.8, 4) is 0 Å². The normalized spacial score (nSPS) is 18.9. The average molecular weight is 179 g/mol. The second kappa shape index (κ2) is 3.50. The predicted octanol–water partition coefficient (Wildman–Crippen LogP) is 1.72. The van der Waals surface area contributed by atoms with Gasteiger partial charge in [-0.3, -0.25) is 0 Å². The maximum atomic E-state index is 4.37. The van der Waals surface area contributed by atoms with Crippen LogP contribution in [0.1, 0.15) is 38.6 Å². The van der Waals surface area contributed by atoms with Gasteiger partial charge in [-0.1, -0.05) is 0 Å². The molecule has 0 radical (unpaired) electrons. The molecule has 0 bridgehead atoms. The third-order valence-corrected chi connectivity index (χ3v) is 2.54. The number of aryl methyl sites for hydroxylation is 1. The highest BCUT2D eigenvalue weighted by atomic mass is 15.1. The summed E-state index contributed by atoms with van der Waals surface area (Å²) in [5.74, 6) is 1.16. The third kappa shape index (κ3) is 1.91. The number of imidazole rings is 1. The molecule has 0 aliphatic heterocycles. The Kier molecular flexibility index (Phi) is 2.36. The largest absolute Gasteiger partial charge is 0.334 e. The minimum absolute atomic E-state index is 0.391. The summed E-state index contributed by atoms with van der Waals surface area (Å²) in [5, 5.41) is 3.55. The van der Waals surface area contributed by atoms with Crippen molar-refractivity contribution in [3.05, 3.63) is 18.2 Å². The molecule has 0 spiro atoms. The average Bonchev–Trinajstić information content (AvgIpc) is 2.82. The zero-order valence-corrected chi connectivity index (χ0v) is 8.33. The van der Waals surface area contributed by atoms with Gasteiger partial charge in [0.25, 0.3) is 0 Å². The molecule has 1 fully saturated rings. The molecular formula is C10H17N3. The minimum atomic E-state index is 0.391. The van der Waals surface area contributed by atoms with E-state index in [1.807, 2.05) is 12.4 Å². The molecule has 0 unspecified atom stereocenters. The second-order valence-corrected chi connectivity index (χ2v) is 3.73. The van der Waals surface area contributed by atoms with Gasteiger partial charge in [0.05, 0.1) is 6.04 Å². The summed E-state index contributed by atoms with van der Waals surface area (Å²) >= 11 is 0. The van der Waals surface area contributed by atoms with Crippen LogP contribution in [-0.2, 0) is 6.54 Å². The van der Waals surface area contributed by atoms with Crippen LogP contribution in [0.5, 0.6) is 0 Å². The molecule has 1 aromatic heterocycles. The van der Waals surface area contributed by atoms with Gasteiger partial charge >= 0.3 is 0 Å². The van der Waals surface area contributed by atoms with Crippen molar-refractivity contribution in [1.29, 1.82) is 0 Å². The lowest BCUT2D eigenvalue weighted by molar-refractivity contribution is 0.515. The van der Waals surface area contributed by atoms with Gasteiger partial charge in [-0.2, -0.15) is 0 Å². The quantitative estimate of drug-likeness (QED) is 0.762. The van der Waals surface area contributed by atoms with E-state index in [0.29, 0.717) is 6.04 Å². The lowest BCUT2D eigenvalue weighted by Gasteiger charge is -2.13. The van der Waals surface area contributed by atoms with E-state index in [2.05, 4.69) is 28.7 Å². The van der Waals surface area contributed by atoms with Crippen molar-refractivity contribution in [3.63, 3.8) is 0 Å². The lowest BCUT2D eigenvalue weighted by Crippen LogP contribution is -2.23. The Hall–Kier alpha value is -0.830. The van der Waals surface area contributed by atoms with E-state index >= 15 is 0 Å². The van der Waals surface area contributed by atoms with Crippen LogP contribution in [-0.4, -0.2) is 15.6 Å². The van der Waals surface area contributed by atoms with Crippen LogP contribution in [0.4, 0.5) is 0 Å². The number of rotatable bonds is 4. The summed E-state index contributed by atoms with van der Waals surface area (Å²) in [6, 6.07) is 1.14. The van der Waals surface area contributed by atoms with Crippen LogP contribution in [0, 0.1) is 0 Å². The predicted molar refractivity (Wildman–Crippen MR) is 52.5 cm³/mol. The van der Waals surface area contributed by atoms with E-state index < -0.39 is 0 Å². The van der Waals surface area contributed by atoms with E-state index in [1.54, 1.807) is 0 Å². The number of nitrogens with one attached hydrogen (secondary N) is 1. The maximum absolute atomic E-state index is 4.37. The number of aromatic nitrogens is 2. The lowest BCUT2D eigenvalue weighted by atomic mass is 10.3. The van der Waals surface area contributed by atoms with E-state index in [1.165, 1.54) is 12.8 Å². The monoisotopic (exact) mass is 179 g/mol. The first-order valence-corrected chi connectivity index (χ1v) is 5.08. The highest BCUT2D eigenvalue weighted by Crippen LogP contribution is 2.23. The number of hydrogen-bond donors (Lipinski definition) is 1. The molecule has 13 heavy (non-hydrogen) atoms. The van der Waals surface area contributed by atoms with E-state index in [4.69, 9.17) is 0 Å². The van der Waals surface area contributed by atoms with Gasteiger partial charge in [-0.15, -0.1) is 0 Å². The molecule has 1 saturated carbocycles. The Bertz CT molecular complexity index is 275. The van der Waals surface area contributed by atoms with Crippen LogP contribution in [0.25, 0.3) is 0 Å². The molecule has 3 nitrogen and oxygen atoms in total. The Labute approximate surface area is 79.2 Å². The van der Waals surface area contributed by atoms with Crippen LogP contribution < -0.4 is 5.32 Å². The van der Waals surface area contributed by atoms with Crippen molar-refractivity contribution < 1.29 is 0 Å². The van der Waals surface area contributed by atoms with Gasteiger partial charge in [0.2, 0.25) is 0 Å². The molecule has 3 heteroatoms. The molecule has 0 saturated heterocycles. The van der Waals surface area contributed by atoms with Crippen molar-refractivity contribution in [1.82, 2.24) is 14.9 Å². The second-order valence-electron chi connectivity index (χ2n) is 3.73. The molecular weight excluding hydrogens is 162 g/mol. The fourth-order valence-corrected chi connectivity index (χ4v) is 1.65. The molecule has 1 aromatic rings. The SMILES string of the molecule is CCn1ccnc1[C@@H](C)NC1CC1. The van der Waals surface area contributed by atoms with Gasteiger partial charge in [0.1, 0.15) is 5.82 Å². The molecule has 2 rings (SSSR count). The Balaban J connectivity index is 2.04. The standard InChI is InChI=1S/C10H17N3/c1-3-13-7-6-11-10(13)8(2)12-9-4-5-9/h6-9,12H,3-5H2,1-2H3/t8-/m1/s1. The van der Waals surface area contributed by atoms with Gasteiger partial charge in [0.15, 0.2) is 0 Å². The molecule has 1 heterocycles. The Morgan fingerprint density at radius 3 is 3.08 bits per heavy atom. The van der Waals surface area contributed by atoms with Crippen LogP contribution >= 0.6 is 0 Å². The topological polar surface area (TPSA) is 29.9 Å². The summed E-state index contributed by atoms with van der Waals surface area (Å²) in [6.07, 6.45) is 6.58. The summed E-state index contributed by atoms with van der Waals surface area (Å²) in [5.41, 5.74) is 0. The fourth-order valence-electron chi connectivity index (χ4n) is 1.65. The van der Waals surface area contributed by atoms with Gasteiger partial charge in [-0.25, -0.2) is 4.98 Å². The van der Waals surface area contributed by atoms with Crippen molar-refractivity contribution in [2.24, 2.45) is 0 Å². The Morgan fingerprint density at radius 1 is 1.69 bits per heavy atom. The molecule has 1 aliphatic rings. The number of nitrogens with zero attached hydrogens (tertiary/aromatic N) is 2. The summed E-state index contributed by atoms with van der Waals surface area (Å²) in [6.45, 7) is 5.34. The third-order valence-electron chi connectivity index (χ3n) is 2.54. The summed E-state index contributed by atoms with van der Waals surface area (Å²) < 4.78 is 2.19. The maximum Gasteiger partial charge on any atom is 0.125 e. The molecule has 1 aliphatic carbocycles. The van der Waals surface area contributed by atoms with Crippen LogP contribution in [0.3, 0.4) is 0 Å². The molecule has 0 aromatic carbocycles. The zero-order valence-electron chi connectivity index (χ0n) is 8.33. The summed E-state index contributed by atoms with van der Waals surface area (Å²) in [7, 11) is 0. The molecule has 72 valence electrons. The van der Waals surface area contributed by atoms with E-state index in [-0.39, 0.29) is 0 Å². The smallest absolute Gasteiger partial charge is 0.125 e. The van der Waals surface area contributed by atoms with Crippen LogP contribution in [0.2, 0.25) is 0 Å². The van der Waals surface area contributed by atoms with Crippen molar-refractivity contribution in [2.75, 3.05) is 0 Å². The van der Waals surface area contributed by atoms with Crippen molar-refractivity contribution >= 4 is 0 Å². The number of hydrogen-bond acceptors (Lipinski definition) is 2. The highest BCUT2D eigenvalue weighted by Gasteiger charge is 2.24. The van der Waals surface area contributed by atoms with Crippen LogP contribution in [0.15, 0.2) is 12.4 Å².